The van der Waals surface area contributed by atoms with Gasteiger partial charge in [0.05, 0.1) is 0 Å². The molecule has 0 aromatic heterocycles. The molecule has 0 radical (unpaired) electrons. The zero-order valence-electron chi connectivity index (χ0n) is 6.58. The Kier molecular flexibility index (Phi) is 3.22. The van der Waals surface area contributed by atoms with Gasteiger partial charge >= 0.3 is 0 Å². The lowest BCUT2D eigenvalue weighted by molar-refractivity contribution is 0.627. The highest BCUT2D eigenvalue weighted by molar-refractivity contribution is 7.97. The lowest BCUT2D eigenvalue weighted by atomic mass is 10.2. The third kappa shape index (κ3) is 2.30. The molecule has 0 amide bonds. The number of thioether (sulfide) groups is 1. The summed E-state index contributed by atoms with van der Waals surface area (Å²) in [5.74, 6) is 0.288. The summed E-state index contributed by atoms with van der Waals surface area (Å²) in [6.45, 7) is 0. The molecule has 12 heavy (non-hydrogen) atoms. The summed E-state index contributed by atoms with van der Waals surface area (Å²) in [4.78, 5) is 10.1. The molecule has 0 fully saturated rings. The molecule has 1 aromatic rings. The molecule has 0 saturated carbocycles. The number of nitroso groups, excluding NO2 is 1. The summed E-state index contributed by atoms with van der Waals surface area (Å²) in [5, 5.41) is 2.68. The van der Waals surface area contributed by atoms with Gasteiger partial charge in [-0.3, -0.25) is 0 Å². The van der Waals surface area contributed by atoms with Gasteiger partial charge in [0, 0.05) is 11.8 Å². The lowest BCUT2D eigenvalue weighted by Crippen LogP contribution is -1.81. The Morgan fingerprint density at radius 3 is 2.83 bits per heavy atom. The number of nitrogens with zero attached hydrogens (tertiary/aromatic N) is 1. The number of hydrogen-bond donors (Lipinski definition) is 0. The number of hydrogen-bond acceptors (Lipinski definition) is 3. The first kappa shape index (κ1) is 9.19. The molecule has 0 bridgehead atoms. The Bertz CT molecular complexity index is 290. The van der Waals surface area contributed by atoms with E-state index in [-0.39, 0.29) is 5.69 Å². The molecular formula is C8H8FNOS. The molecule has 64 valence electrons. The first-order valence-electron chi connectivity index (χ1n) is 3.38. The van der Waals surface area contributed by atoms with E-state index in [2.05, 4.69) is 5.18 Å². The minimum atomic E-state index is -0.406. The Hall–Kier alpha value is -0.900. The van der Waals surface area contributed by atoms with Crippen molar-refractivity contribution in [2.75, 3.05) is 6.26 Å². The van der Waals surface area contributed by atoms with Gasteiger partial charge in [-0.1, -0.05) is 0 Å². The van der Waals surface area contributed by atoms with Crippen molar-refractivity contribution in [3.63, 3.8) is 0 Å². The van der Waals surface area contributed by atoms with Crippen LogP contribution in [-0.2, 0) is 5.75 Å². The molecule has 0 aliphatic carbocycles. The van der Waals surface area contributed by atoms with E-state index in [0.29, 0.717) is 5.75 Å². The molecule has 2 nitrogen and oxygen atoms in total. The largest absolute Gasteiger partial charge is 0.207 e. The third-order valence-electron chi connectivity index (χ3n) is 1.36. The maximum Gasteiger partial charge on any atom is 0.125 e. The van der Waals surface area contributed by atoms with Gasteiger partial charge in [-0.15, -0.1) is 4.91 Å². The fourth-order valence-corrected chi connectivity index (χ4v) is 1.44. The molecule has 0 N–H and O–H groups in total. The van der Waals surface area contributed by atoms with Crippen LogP contribution in [0.1, 0.15) is 5.56 Å². The molecule has 0 atom stereocenters. The van der Waals surface area contributed by atoms with Crippen LogP contribution in [0.4, 0.5) is 10.1 Å². The van der Waals surface area contributed by atoms with Gasteiger partial charge in [-0.2, -0.15) is 11.8 Å². The van der Waals surface area contributed by atoms with Crippen molar-refractivity contribution < 1.29 is 4.39 Å². The molecule has 0 aliphatic rings. The topological polar surface area (TPSA) is 29.4 Å². The van der Waals surface area contributed by atoms with E-state index in [1.54, 1.807) is 17.8 Å². The Morgan fingerprint density at radius 1 is 1.50 bits per heavy atom. The van der Waals surface area contributed by atoms with Crippen molar-refractivity contribution in [1.29, 1.82) is 0 Å². The average molecular weight is 185 g/mol. The highest BCUT2D eigenvalue weighted by atomic mass is 32.2. The SMILES string of the molecule is CSCc1cc(F)cc(N=O)c1. The van der Waals surface area contributed by atoms with Crippen molar-refractivity contribution >= 4 is 17.4 Å². The summed E-state index contributed by atoms with van der Waals surface area (Å²) >= 11 is 1.57. The number of benzene rings is 1. The summed E-state index contributed by atoms with van der Waals surface area (Å²) < 4.78 is 12.7. The van der Waals surface area contributed by atoms with E-state index in [0.717, 1.165) is 11.6 Å². The smallest absolute Gasteiger partial charge is 0.125 e. The normalized spacial score (nSPS) is 9.83. The van der Waals surface area contributed by atoms with E-state index in [1.807, 2.05) is 6.26 Å². The van der Waals surface area contributed by atoms with Crippen molar-refractivity contribution in [3.05, 3.63) is 34.5 Å². The molecule has 0 spiro atoms. The molecule has 0 aliphatic heterocycles. The van der Waals surface area contributed by atoms with E-state index >= 15 is 0 Å². The van der Waals surface area contributed by atoms with Gasteiger partial charge in [-0.25, -0.2) is 4.39 Å². The van der Waals surface area contributed by atoms with E-state index in [9.17, 15) is 9.30 Å². The number of rotatable bonds is 3. The second-order valence-corrected chi connectivity index (χ2v) is 3.21. The number of halogens is 1. The molecule has 1 rings (SSSR count). The van der Waals surface area contributed by atoms with Gasteiger partial charge in [0.15, 0.2) is 0 Å². The maximum absolute atomic E-state index is 12.7. The van der Waals surface area contributed by atoms with Crippen LogP contribution in [-0.4, -0.2) is 6.26 Å². The van der Waals surface area contributed by atoms with E-state index in [4.69, 9.17) is 0 Å². The monoisotopic (exact) mass is 185 g/mol. The van der Waals surface area contributed by atoms with Gasteiger partial charge in [0.2, 0.25) is 0 Å². The van der Waals surface area contributed by atoms with Crippen molar-refractivity contribution in [3.8, 4) is 0 Å². The van der Waals surface area contributed by atoms with Gasteiger partial charge < -0.3 is 0 Å². The second kappa shape index (κ2) is 4.21. The van der Waals surface area contributed by atoms with Gasteiger partial charge in [-0.05, 0) is 29.1 Å². The van der Waals surface area contributed by atoms with Crippen LogP contribution < -0.4 is 0 Å². The van der Waals surface area contributed by atoms with Crippen LogP contribution in [0.5, 0.6) is 0 Å². The first-order valence-corrected chi connectivity index (χ1v) is 4.77. The fourth-order valence-electron chi connectivity index (χ4n) is 0.936. The van der Waals surface area contributed by atoms with Crippen molar-refractivity contribution in [2.45, 2.75) is 5.75 Å². The van der Waals surface area contributed by atoms with Crippen LogP contribution in [0.15, 0.2) is 23.4 Å². The van der Waals surface area contributed by atoms with Crippen molar-refractivity contribution in [2.24, 2.45) is 5.18 Å². The van der Waals surface area contributed by atoms with Gasteiger partial charge in [0.1, 0.15) is 11.5 Å². The van der Waals surface area contributed by atoms with Crippen LogP contribution in [0.25, 0.3) is 0 Å². The minimum absolute atomic E-state index is 0.152. The molecule has 4 heteroatoms. The molecule has 0 saturated heterocycles. The second-order valence-electron chi connectivity index (χ2n) is 2.34. The van der Waals surface area contributed by atoms with E-state index in [1.165, 1.54) is 6.07 Å². The Balaban J connectivity index is 2.97. The van der Waals surface area contributed by atoms with Gasteiger partial charge in [0.25, 0.3) is 0 Å². The maximum atomic E-state index is 12.7. The highest BCUT2D eigenvalue weighted by Gasteiger charge is 1.99. The molecule has 0 heterocycles. The van der Waals surface area contributed by atoms with Crippen LogP contribution in [0, 0.1) is 10.7 Å². The average Bonchev–Trinajstić information content (AvgIpc) is 2.04. The summed E-state index contributed by atoms with van der Waals surface area (Å²) in [7, 11) is 0. The zero-order chi connectivity index (χ0) is 8.97. The quantitative estimate of drug-likeness (QED) is 0.677. The zero-order valence-corrected chi connectivity index (χ0v) is 7.40. The van der Waals surface area contributed by atoms with E-state index < -0.39 is 5.82 Å². The minimum Gasteiger partial charge on any atom is -0.207 e. The highest BCUT2D eigenvalue weighted by Crippen LogP contribution is 2.19. The lowest BCUT2D eigenvalue weighted by Gasteiger charge is -1.98. The van der Waals surface area contributed by atoms with Crippen molar-refractivity contribution in [1.82, 2.24) is 0 Å². The Morgan fingerprint density at radius 2 is 2.25 bits per heavy atom. The summed E-state index contributed by atoms with van der Waals surface area (Å²) in [6, 6.07) is 4.12. The summed E-state index contributed by atoms with van der Waals surface area (Å²) in [5.41, 5.74) is 0.941. The summed E-state index contributed by atoms with van der Waals surface area (Å²) in [6.07, 6.45) is 1.92. The van der Waals surface area contributed by atoms with Crippen LogP contribution >= 0.6 is 11.8 Å². The predicted molar refractivity (Wildman–Crippen MR) is 49.1 cm³/mol. The fraction of sp³-hybridized carbons (Fsp3) is 0.250. The van der Waals surface area contributed by atoms with Crippen LogP contribution in [0.2, 0.25) is 0 Å². The standard InChI is InChI=1S/C8H8FNOS/c1-12-5-6-2-7(9)4-8(3-6)10-11/h2-4H,5H2,1H3. The molecule has 1 aromatic carbocycles. The third-order valence-corrected chi connectivity index (χ3v) is 1.98. The van der Waals surface area contributed by atoms with Crippen LogP contribution in [0.3, 0.4) is 0 Å². The predicted octanol–water partition coefficient (Wildman–Crippen LogP) is 3.09. The molecule has 0 unspecified atom stereocenters. The first-order chi connectivity index (χ1) is 5.76. The molecular weight excluding hydrogens is 177 g/mol. The Labute approximate surface area is 74.1 Å².